The summed E-state index contributed by atoms with van der Waals surface area (Å²) in [6.07, 6.45) is 4.43. The Morgan fingerprint density at radius 3 is 2.88 bits per heavy atom. The summed E-state index contributed by atoms with van der Waals surface area (Å²) in [5.41, 5.74) is 2.14. The number of nitrogens with one attached hydrogen (secondary N) is 2. The van der Waals surface area contributed by atoms with Crippen molar-refractivity contribution in [2.45, 2.75) is 31.8 Å². The molecule has 1 aromatic carbocycles. The van der Waals surface area contributed by atoms with Crippen LogP contribution in [0.5, 0.6) is 5.75 Å². The van der Waals surface area contributed by atoms with Gasteiger partial charge in [-0.25, -0.2) is 9.59 Å². The Morgan fingerprint density at radius 1 is 1.27 bits per heavy atom. The summed E-state index contributed by atoms with van der Waals surface area (Å²) in [7, 11) is 2.80. The summed E-state index contributed by atoms with van der Waals surface area (Å²) in [4.78, 5) is 24.1. The van der Waals surface area contributed by atoms with Gasteiger partial charge in [0.25, 0.3) is 0 Å². The molecule has 1 aliphatic carbocycles. The number of fused-ring (bicyclic) bond motifs is 1. The molecule has 0 bridgehead atoms. The Bertz CT molecular complexity index is 799. The van der Waals surface area contributed by atoms with Crippen molar-refractivity contribution in [1.82, 2.24) is 10.6 Å². The fraction of sp³-hybridized carbons (Fsp3) is 0.368. The molecular formula is C19H22N2O5. The van der Waals surface area contributed by atoms with Crippen molar-refractivity contribution in [1.29, 1.82) is 0 Å². The predicted molar refractivity (Wildman–Crippen MR) is 94.1 cm³/mol. The van der Waals surface area contributed by atoms with Crippen LogP contribution in [0.25, 0.3) is 0 Å². The Morgan fingerprint density at radius 2 is 2.12 bits per heavy atom. The molecule has 138 valence electrons. The first-order valence-electron chi connectivity index (χ1n) is 8.48. The topological polar surface area (TPSA) is 89.8 Å². The number of carbonyl (C=O) groups excluding carboxylic acids is 2. The van der Waals surface area contributed by atoms with Crippen LogP contribution in [-0.2, 0) is 17.7 Å². The van der Waals surface area contributed by atoms with Gasteiger partial charge in [0.05, 0.1) is 26.5 Å². The predicted octanol–water partition coefficient (Wildman–Crippen LogP) is 2.95. The van der Waals surface area contributed by atoms with Gasteiger partial charge in [0.1, 0.15) is 17.1 Å². The van der Waals surface area contributed by atoms with Crippen LogP contribution in [0.2, 0.25) is 0 Å². The highest BCUT2D eigenvalue weighted by atomic mass is 16.5. The van der Waals surface area contributed by atoms with E-state index in [1.54, 1.807) is 24.5 Å². The standard InChI is InChI=1S/C19H22N2O5/c1-24-16-7-6-12(10-14(16)18(22)25-2)11-20-19(23)21-15-4-3-5-17-13(15)8-9-26-17/h6-10,15H,3-5,11H2,1-2H3,(H2,20,21,23). The highest BCUT2D eigenvalue weighted by Crippen LogP contribution is 2.30. The molecule has 2 N–H and O–H groups in total. The van der Waals surface area contributed by atoms with Crippen LogP contribution in [-0.4, -0.2) is 26.2 Å². The molecule has 1 aliphatic rings. The third-order valence-electron chi connectivity index (χ3n) is 4.48. The SMILES string of the molecule is COC(=O)c1cc(CNC(=O)NC2CCCc3occc32)ccc1OC. The Labute approximate surface area is 151 Å². The second kappa shape index (κ2) is 7.95. The van der Waals surface area contributed by atoms with Gasteiger partial charge in [-0.1, -0.05) is 6.07 Å². The van der Waals surface area contributed by atoms with E-state index in [1.165, 1.54) is 14.2 Å². The fourth-order valence-electron chi connectivity index (χ4n) is 3.16. The molecule has 26 heavy (non-hydrogen) atoms. The zero-order valence-corrected chi connectivity index (χ0v) is 14.8. The van der Waals surface area contributed by atoms with Crippen molar-refractivity contribution in [2.75, 3.05) is 14.2 Å². The van der Waals surface area contributed by atoms with E-state index in [2.05, 4.69) is 10.6 Å². The molecular weight excluding hydrogens is 336 g/mol. The number of amides is 2. The van der Waals surface area contributed by atoms with Crippen LogP contribution in [0.3, 0.4) is 0 Å². The molecule has 0 spiro atoms. The van der Waals surface area contributed by atoms with Crippen molar-refractivity contribution in [3.8, 4) is 5.75 Å². The lowest BCUT2D eigenvalue weighted by molar-refractivity contribution is 0.0597. The number of methoxy groups -OCH3 is 2. The summed E-state index contributed by atoms with van der Waals surface area (Å²) in [5.74, 6) is 0.891. The van der Waals surface area contributed by atoms with Crippen molar-refractivity contribution >= 4 is 12.0 Å². The minimum atomic E-state index is -0.483. The van der Waals surface area contributed by atoms with Crippen LogP contribution < -0.4 is 15.4 Å². The van der Waals surface area contributed by atoms with Gasteiger partial charge in [0.2, 0.25) is 0 Å². The molecule has 0 saturated carbocycles. The lowest BCUT2D eigenvalue weighted by Crippen LogP contribution is -2.38. The van der Waals surface area contributed by atoms with Crippen LogP contribution in [0.1, 0.15) is 46.1 Å². The fourth-order valence-corrected chi connectivity index (χ4v) is 3.16. The smallest absolute Gasteiger partial charge is 0.341 e. The van der Waals surface area contributed by atoms with Gasteiger partial charge in [-0.15, -0.1) is 0 Å². The Balaban J connectivity index is 1.61. The van der Waals surface area contributed by atoms with E-state index in [0.29, 0.717) is 11.3 Å². The average Bonchev–Trinajstić information content (AvgIpc) is 3.15. The van der Waals surface area contributed by atoms with E-state index in [-0.39, 0.29) is 18.6 Å². The van der Waals surface area contributed by atoms with Gasteiger partial charge >= 0.3 is 12.0 Å². The quantitative estimate of drug-likeness (QED) is 0.802. The molecule has 1 unspecified atom stereocenters. The first kappa shape index (κ1) is 17.8. The summed E-state index contributed by atoms with van der Waals surface area (Å²) < 4.78 is 15.4. The largest absolute Gasteiger partial charge is 0.496 e. The molecule has 3 rings (SSSR count). The number of hydrogen-bond acceptors (Lipinski definition) is 5. The first-order valence-corrected chi connectivity index (χ1v) is 8.48. The van der Waals surface area contributed by atoms with Crippen molar-refractivity contribution in [3.63, 3.8) is 0 Å². The second-order valence-electron chi connectivity index (χ2n) is 6.10. The molecule has 0 saturated heterocycles. The number of carbonyl (C=O) groups is 2. The van der Waals surface area contributed by atoms with Crippen LogP contribution >= 0.6 is 0 Å². The molecule has 1 atom stereocenters. The number of esters is 1. The number of hydrogen-bond donors (Lipinski definition) is 2. The maximum atomic E-state index is 12.2. The summed E-state index contributed by atoms with van der Waals surface area (Å²) in [5, 5.41) is 5.79. The highest BCUT2D eigenvalue weighted by Gasteiger charge is 2.24. The number of benzene rings is 1. The average molecular weight is 358 g/mol. The second-order valence-corrected chi connectivity index (χ2v) is 6.10. The third kappa shape index (κ3) is 3.82. The van der Waals surface area contributed by atoms with Crippen LogP contribution in [0.15, 0.2) is 34.9 Å². The molecule has 0 aliphatic heterocycles. The number of aryl methyl sites for hydroxylation is 1. The van der Waals surface area contributed by atoms with Gasteiger partial charge in [-0.05, 0) is 36.6 Å². The van der Waals surface area contributed by atoms with E-state index < -0.39 is 5.97 Å². The maximum absolute atomic E-state index is 12.2. The molecule has 2 amide bonds. The van der Waals surface area contributed by atoms with Crippen LogP contribution in [0.4, 0.5) is 4.79 Å². The van der Waals surface area contributed by atoms with Crippen molar-refractivity contribution < 1.29 is 23.5 Å². The monoisotopic (exact) mass is 358 g/mol. The van der Waals surface area contributed by atoms with E-state index in [1.807, 2.05) is 6.07 Å². The summed E-state index contributed by atoms with van der Waals surface area (Å²) >= 11 is 0. The van der Waals surface area contributed by atoms with Crippen LogP contribution in [0, 0.1) is 0 Å². The van der Waals surface area contributed by atoms with E-state index in [9.17, 15) is 9.59 Å². The first-order chi connectivity index (χ1) is 12.6. The zero-order valence-electron chi connectivity index (χ0n) is 14.8. The summed E-state index contributed by atoms with van der Waals surface area (Å²) in [6.45, 7) is 0.283. The van der Waals surface area contributed by atoms with Crippen molar-refractivity contribution in [2.24, 2.45) is 0 Å². The van der Waals surface area contributed by atoms with E-state index in [0.717, 1.165) is 36.1 Å². The molecule has 7 heteroatoms. The number of ether oxygens (including phenoxy) is 2. The number of furan rings is 1. The van der Waals surface area contributed by atoms with Gasteiger partial charge in [0.15, 0.2) is 0 Å². The van der Waals surface area contributed by atoms with E-state index >= 15 is 0 Å². The lowest BCUT2D eigenvalue weighted by atomic mass is 9.93. The molecule has 1 aromatic heterocycles. The lowest BCUT2D eigenvalue weighted by Gasteiger charge is -2.23. The minimum Gasteiger partial charge on any atom is -0.496 e. The van der Waals surface area contributed by atoms with Gasteiger partial charge in [-0.3, -0.25) is 0 Å². The van der Waals surface area contributed by atoms with Gasteiger partial charge < -0.3 is 24.5 Å². The Hall–Kier alpha value is -2.96. The molecule has 0 radical (unpaired) electrons. The summed E-state index contributed by atoms with van der Waals surface area (Å²) in [6, 6.07) is 6.73. The third-order valence-corrected chi connectivity index (χ3v) is 4.48. The molecule has 2 aromatic rings. The van der Waals surface area contributed by atoms with E-state index in [4.69, 9.17) is 13.9 Å². The number of urea groups is 1. The molecule has 0 fully saturated rings. The zero-order chi connectivity index (χ0) is 18.5. The molecule has 7 nitrogen and oxygen atoms in total. The minimum absolute atomic E-state index is 0.0426. The van der Waals surface area contributed by atoms with Gasteiger partial charge in [0, 0.05) is 18.5 Å². The normalized spacial score (nSPS) is 15.7. The number of rotatable bonds is 5. The molecule has 1 heterocycles. The maximum Gasteiger partial charge on any atom is 0.341 e. The highest BCUT2D eigenvalue weighted by molar-refractivity contribution is 5.92. The van der Waals surface area contributed by atoms with Crippen molar-refractivity contribution in [3.05, 3.63) is 53.0 Å². The Kier molecular flexibility index (Phi) is 5.46. The van der Waals surface area contributed by atoms with Gasteiger partial charge in [-0.2, -0.15) is 0 Å².